The van der Waals surface area contributed by atoms with Crippen molar-refractivity contribution in [2.45, 2.75) is 6.54 Å². The molecule has 1 aliphatic rings. The molecule has 1 saturated heterocycles. The summed E-state index contributed by atoms with van der Waals surface area (Å²) in [6.45, 7) is 9.74. The van der Waals surface area contributed by atoms with E-state index < -0.39 is 0 Å². The fourth-order valence-corrected chi connectivity index (χ4v) is 3.35. The van der Waals surface area contributed by atoms with Gasteiger partial charge in [-0.3, -0.25) is 14.7 Å². The molecule has 0 amide bonds. The highest BCUT2D eigenvalue weighted by Gasteiger charge is 2.17. The lowest BCUT2D eigenvalue weighted by Crippen LogP contribution is -2.48. The van der Waals surface area contributed by atoms with Gasteiger partial charge in [-0.2, -0.15) is 0 Å². The van der Waals surface area contributed by atoms with E-state index in [9.17, 15) is 0 Å². The molecule has 2 rings (SSSR count). The summed E-state index contributed by atoms with van der Waals surface area (Å²) in [6.07, 6.45) is 0. The minimum Gasteiger partial charge on any atom is -0.300 e. The largest absolute Gasteiger partial charge is 0.300 e. The van der Waals surface area contributed by atoms with Crippen LogP contribution >= 0.6 is 23.2 Å². The van der Waals surface area contributed by atoms with Gasteiger partial charge in [-0.15, -0.1) is 23.2 Å². The summed E-state index contributed by atoms with van der Waals surface area (Å²) >= 11 is 11.7. The molecule has 0 saturated carbocycles. The highest BCUT2D eigenvalue weighted by Crippen LogP contribution is 2.08. The Labute approximate surface area is 144 Å². The van der Waals surface area contributed by atoms with Gasteiger partial charge in [-0.05, 0) is 5.56 Å². The summed E-state index contributed by atoms with van der Waals surface area (Å²) in [6, 6.07) is 10.7. The first kappa shape index (κ1) is 18.0. The molecule has 1 aliphatic heterocycles. The zero-order valence-electron chi connectivity index (χ0n) is 13.3. The standard InChI is InChI=1S/C17H27Cl2N3/c18-6-8-20(9-7-19)10-11-21-12-14-22(15-13-21)16-17-4-2-1-3-5-17/h1-5H,6-16H2. The quantitative estimate of drug-likeness (QED) is 0.638. The topological polar surface area (TPSA) is 9.72 Å². The first-order chi connectivity index (χ1) is 10.8. The summed E-state index contributed by atoms with van der Waals surface area (Å²) in [7, 11) is 0. The summed E-state index contributed by atoms with van der Waals surface area (Å²) in [5.41, 5.74) is 1.41. The maximum Gasteiger partial charge on any atom is 0.0351 e. The third kappa shape index (κ3) is 6.43. The fraction of sp³-hybridized carbons (Fsp3) is 0.647. The van der Waals surface area contributed by atoms with Crippen molar-refractivity contribution in [1.82, 2.24) is 14.7 Å². The van der Waals surface area contributed by atoms with Gasteiger partial charge in [0.1, 0.15) is 0 Å². The molecule has 0 bridgehead atoms. The van der Waals surface area contributed by atoms with Crippen LogP contribution in [0.5, 0.6) is 0 Å². The normalized spacial score (nSPS) is 17.2. The van der Waals surface area contributed by atoms with E-state index in [1.165, 1.54) is 5.56 Å². The van der Waals surface area contributed by atoms with E-state index in [-0.39, 0.29) is 0 Å². The van der Waals surface area contributed by atoms with Gasteiger partial charge in [0.15, 0.2) is 0 Å². The van der Waals surface area contributed by atoms with Crippen molar-refractivity contribution in [3.63, 3.8) is 0 Å². The third-order valence-electron chi connectivity index (χ3n) is 4.25. The van der Waals surface area contributed by atoms with Crippen molar-refractivity contribution < 1.29 is 0 Å². The number of nitrogens with zero attached hydrogens (tertiary/aromatic N) is 3. The second kappa shape index (κ2) is 10.5. The molecule has 0 N–H and O–H groups in total. The van der Waals surface area contributed by atoms with E-state index in [0.29, 0.717) is 11.8 Å². The fourth-order valence-electron chi connectivity index (χ4n) is 2.87. The van der Waals surface area contributed by atoms with Crippen LogP contribution in [0.4, 0.5) is 0 Å². The molecule has 1 aromatic carbocycles. The minimum absolute atomic E-state index is 0.682. The van der Waals surface area contributed by atoms with E-state index in [1.54, 1.807) is 0 Å². The average molecular weight is 344 g/mol. The Kier molecular flexibility index (Phi) is 8.56. The maximum absolute atomic E-state index is 5.84. The van der Waals surface area contributed by atoms with Gasteiger partial charge in [0, 0.05) is 70.7 Å². The van der Waals surface area contributed by atoms with Crippen LogP contribution in [-0.2, 0) is 6.54 Å². The Morgan fingerprint density at radius 1 is 0.818 bits per heavy atom. The van der Waals surface area contributed by atoms with Crippen molar-refractivity contribution in [2.75, 3.05) is 64.1 Å². The van der Waals surface area contributed by atoms with Crippen LogP contribution in [0.1, 0.15) is 5.56 Å². The molecule has 0 aromatic heterocycles. The summed E-state index contributed by atoms with van der Waals surface area (Å²) in [4.78, 5) is 7.45. The lowest BCUT2D eigenvalue weighted by Gasteiger charge is -2.35. The molecule has 0 unspecified atom stereocenters. The molecule has 0 spiro atoms. The Morgan fingerprint density at radius 2 is 1.41 bits per heavy atom. The molecule has 1 fully saturated rings. The third-order valence-corrected chi connectivity index (χ3v) is 4.59. The number of alkyl halides is 2. The first-order valence-electron chi connectivity index (χ1n) is 8.14. The molecular formula is C17H27Cl2N3. The zero-order valence-corrected chi connectivity index (χ0v) is 14.8. The van der Waals surface area contributed by atoms with Gasteiger partial charge in [0.25, 0.3) is 0 Å². The highest BCUT2D eigenvalue weighted by molar-refractivity contribution is 6.18. The van der Waals surface area contributed by atoms with Gasteiger partial charge >= 0.3 is 0 Å². The molecule has 22 heavy (non-hydrogen) atoms. The molecule has 0 aliphatic carbocycles. The van der Waals surface area contributed by atoms with Crippen LogP contribution in [0.25, 0.3) is 0 Å². The molecular weight excluding hydrogens is 317 g/mol. The van der Waals surface area contributed by atoms with Crippen molar-refractivity contribution in [2.24, 2.45) is 0 Å². The van der Waals surface area contributed by atoms with E-state index in [2.05, 4.69) is 45.0 Å². The first-order valence-corrected chi connectivity index (χ1v) is 9.21. The van der Waals surface area contributed by atoms with E-state index >= 15 is 0 Å². The van der Waals surface area contributed by atoms with Crippen molar-refractivity contribution in [1.29, 1.82) is 0 Å². The molecule has 1 aromatic rings. The van der Waals surface area contributed by atoms with Gasteiger partial charge in [0.2, 0.25) is 0 Å². The predicted octanol–water partition coefficient (Wildman–Crippen LogP) is 2.58. The van der Waals surface area contributed by atoms with E-state index in [4.69, 9.17) is 23.2 Å². The summed E-state index contributed by atoms with van der Waals surface area (Å²) in [5, 5.41) is 0. The van der Waals surface area contributed by atoms with Crippen LogP contribution in [-0.4, -0.2) is 78.8 Å². The average Bonchev–Trinajstić information content (AvgIpc) is 2.55. The Morgan fingerprint density at radius 3 is 2.00 bits per heavy atom. The minimum atomic E-state index is 0.682. The van der Waals surface area contributed by atoms with Crippen LogP contribution in [0.2, 0.25) is 0 Å². The second-order valence-corrected chi connectivity index (χ2v) is 6.58. The molecule has 0 radical (unpaired) electrons. The smallest absolute Gasteiger partial charge is 0.0351 e. The molecule has 0 atom stereocenters. The Bertz CT molecular complexity index is 388. The molecule has 1 heterocycles. The number of piperazine rings is 1. The second-order valence-electron chi connectivity index (χ2n) is 5.82. The van der Waals surface area contributed by atoms with Crippen molar-refractivity contribution in [3.8, 4) is 0 Å². The number of halogens is 2. The van der Waals surface area contributed by atoms with Crippen molar-refractivity contribution in [3.05, 3.63) is 35.9 Å². The predicted molar refractivity (Wildman–Crippen MR) is 96.0 cm³/mol. The zero-order chi connectivity index (χ0) is 15.6. The van der Waals surface area contributed by atoms with Crippen molar-refractivity contribution >= 4 is 23.2 Å². The highest BCUT2D eigenvalue weighted by atomic mass is 35.5. The summed E-state index contributed by atoms with van der Waals surface area (Å²) < 4.78 is 0. The number of hydrogen-bond donors (Lipinski definition) is 0. The van der Waals surface area contributed by atoms with E-state index in [0.717, 1.165) is 58.9 Å². The van der Waals surface area contributed by atoms with Gasteiger partial charge in [-0.25, -0.2) is 0 Å². The van der Waals surface area contributed by atoms with Gasteiger partial charge < -0.3 is 0 Å². The molecule has 5 heteroatoms. The Hall–Kier alpha value is -0.320. The lowest BCUT2D eigenvalue weighted by molar-refractivity contribution is 0.116. The number of rotatable bonds is 9. The van der Waals surface area contributed by atoms with Gasteiger partial charge in [-0.1, -0.05) is 30.3 Å². The monoisotopic (exact) mass is 343 g/mol. The molecule has 124 valence electrons. The van der Waals surface area contributed by atoms with Crippen LogP contribution < -0.4 is 0 Å². The van der Waals surface area contributed by atoms with Crippen LogP contribution in [0.3, 0.4) is 0 Å². The lowest BCUT2D eigenvalue weighted by atomic mass is 10.2. The molecule has 3 nitrogen and oxygen atoms in total. The summed E-state index contributed by atoms with van der Waals surface area (Å²) in [5.74, 6) is 1.36. The van der Waals surface area contributed by atoms with Crippen LogP contribution in [0, 0.1) is 0 Å². The number of hydrogen-bond acceptors (Lipinski definition) is 3. The SMILES string of the molecule is ClCCN(CCCl)CCN1CCN(Cc2ccccc2)CC1. The van der Waals surface area contributed by atoms with Gasteiger partial charge in [0.05, 0.1) is 0 Å². The maximum atomic E-state index is 5.84. The van der Waals surface area contributed by atoms with Crippen LogP contribution in [0.15, 0.2) is 30.3 Å². The van der Waals surface area contributed by atoms with E-state index in [1.807, 2.05) is 0 Å². The Balaban J connectivity index is 1.66. The number of benzene rings is 1.